The van der Waals surface area contributed by atoms with Crippen LogP contribution in [-0.4, -0.2) is 56.5 Å². The molecule has 0 aliphatic heterocycles. The fraction of sp³-hybridized carbons (Fsp3) is 0.300. The van der Waals surface area contributed by atoms with Crippen LogP contribution in [0.3, 0.4) is 0 Å². The highest BCUT2D eigenvalue weighted by Crippen LogP contribution is 2.23. The predicted molar refractivity (Wildman–Crippen MR) is 147 cm³/mol. The second-order valence-electron chi connectivity index (χ2n) is 10.4. The molecule has 2 atom stereocenters. The van der Waals surface area contributed by atoms with Crippen molar-refractivity contribution in [2.45, 2.75) is 25.9 Å². The Labute approximate surface area is 219 Å². The number of methoxy groups -OCH3 is 1. The maximum Gasteiger partial charge on any atom is 0.311 e. The molecular weight excluding hydrogens is 464 g/mol. The average Bonchev–Trinajstić information content (AvgIpc) is 2.86. The summed E-state index contributed by atoms with van der Waals surface area (Å²) in [7, 11) is 7.82. The maximum absolute atomic E-state index is 13.0. The molecule has 0 aliphatic carbocycles. The minimum absolute atomic E-state index is 0.0404. The number of amides is 1. The van der Waals surface area contributed by atoms with Gasteiger partial charge in [-0.3, -0.25) is 15.0 Å². The summed E-state index contributed by atoms with van der Waals surface area (Å²) in [6, 6.07) is 22.6. The lowest BCUT2D eigenvalue weighted by Gasteiger charge is -2.24. The fourth-order valence-corrected chi connectivity index (χ4v) is 4.34. The number of nitrogens with two attached hydrogens (primary N) is 1. The molecule has 0 spiro atoms. The van der Waals surface area contributed by atoms with E-state index < -0.39 is 17.9 Å². The second kappa shape index (κ2) is 11.8. The number of nitrogens with zero attached hydrogens (tertiary/aromatic N) is 1. The summed E-state index contributed by atoms with van der Waals surface area (Å²) in [5.74, 6) is -1.31. The molecule has 0 heterocycles. The first-order chi connectivity index (χ1) is 17.5. The van der Waals surface area contributed by atoms with E-state index in [2.05, 4.69) is 50.7 Å². The van der Waals surface area contributed by atoms with Gasteiger partial charge in [0.25, 0.3) is 5.91 Å². The SMILES string of the molecule is COC(=O)C(Cc1cccc(C(=N)N)c1)C(C)NC(=O)c1ccc(-c2cccc(C[N+](C)(C)C)c2)cc1. The molecule has 1 amide bonds. The van der Waals surface area contributed by atoms with Crippen LogP contribution in [0.5, 0.6) is 0 Å². The maximum atomic E-state index is 13.0. The minimum atomic E-state index is -0.598. The summed E-state index contributed by atoms with van der Waals surface area (Å²) in [4.78, 5) is 25.6. The topological polar surface area (TPSA) is 105 Å². The van der Waals surface area contributed by atoms with Gasteiger partial charge in [0.15, 0.2) is 0 Å². The largest absolute Gasteiger partial charge is 0.469 e. The standard InChI is InChI=1S/C30H36N4O3/c1-20(27(30(36)37-5)18-21-8-6-11-26(16-21)28(31)32)33-29(35)24-14-12-23(13-15-24)25-10-7-9-22(17-25)19-34(2,3)4/h6-17,20,27H,18-19H2,1-5H3,(H3-,31,32,33,35)/p+1. The van der Waals surface area contributed by atoms with Gasteiger partial charge in [0.1, 0.15) is 12.4 Å². The molecule has 4 N–H and O–H groups in total. The molecule has 0 fully saturated rings. The highest BCUT2D eigenvalue weighted by molar-refractivity contribution is 5.95. The number of quaternary nitrogens is 1. The molecule has 0 bridgehead atoms. The van der Waals surface area contributed by atoms with Gasteiger partial charge in [-0.1, -0.05) is 48.5 Å². The van der Waals surface area contributed by atoms with Crippen molar-refractivity contribution in [3.63, 3.8) is 0 Å². The number of nitrogen functional groups attached to an aromatic ring is 1. The van der Waals surface area contributed by atoms with Crippen LogP contribution in [0.15, 0.2) is 72.8 Å². The number of esters is 1. The van der Waals surface area contributed by atoms with Gasteiger partial charge in [0, 0.05) is 22.7 Å². The zero-order chi connectivity index (χ0) is 27.2. The van der Waals surface area contributed by atoms with E-state index in [-0.39, 0.29) is 11.7 Å². The lowest BCUT2D eigenvalue weighted by molar-refractivity contribution is -0.884. The van der Waals surface area contributed by atoms with Gasteiger partial charge < -0.3 is 20.3 Å². The normalized spacial score (nSPS) is 12.9. The average molecular weight is 502 g/mol. The third-order valence-corrected chi connectivity index (χ3v) is 6.22. The number of carbonyl (C=O) groups excluding carboxylic acids is 2. The van der Waals surface area contributed by atoms with E-state index >= 15 is 0 Å². The van der Waals surface area contributed by atoms with Crippen LogP contribution >= 0.6 is 0 Å². The van der Waals surface area contributed by atoms with E-state index in [1.165, 1.54) is 12.7 Å². The molecule has 37 heavy (non-hydrogen) atoms. The Bertz CT molecular complexity index is 1260. The molecule has 0 saturated heterocycles. The van der Waals surface area contributed by atoms with E-state index in [4.69, 9.17) is 15.9 Å². The Morgan fingerprint density at radius 3 is 2.19 bits per heavy atom. The van der Waals surface area contributed by atoms with Gasteiger partial charge in [-0.2, -0.15) is 0 Å². The molecular formula is C30H37N4O3+. The Kier molecular flexibility index (Phi) is 8.84. The van der Waals surface area contributed by atoms with Gasteiger partial charge in [-0.05, 0) is 54.3 Å². The quantitative estimate of drug-likeness (QED) is 0.169. The van der Waals surface area contributed by atoms with Crippen LogP contribution in [-0.2, 0) is 22.5 Å². The highest BCUT2D eigenvalue weighted by Gasteiger charge is 2.28. The molecule has 0 aliphatic rings. The third-order valence-electron chi connectivity index (χ3n) is 6.22. The Morgan fingerprint density at radius 1 is 0.919 bits per heavy atom. The molecule has 0 aromatic heterocycles. The Hall–Kier alpha value is -3.97. The molecule has 3 aromatic rings. The zero-order valence-corrected chi connectivity index (χ0v) is 22.2. The van der Waals surface area contributed by atoms with Crippen molar-refractivity contribution in [1.82, 2.24) is 5.32 Å². The number of amidine groups is 1. The summed E-state index contributed by atoms with van der Waals surface area (Å²) >= 11 is 0. The fourth-order valence-electron chi connectivity index (χ4n) is 4.34. The highest BCUT2D eigenvalue weighted by atomic mass is 16.5. The first-order valence-corrected chi connectivity index (χ1v) is 12.3. The first-order valence-electron chi connectivity index (χ1n) is 12.3. The minimum Gasteiger partial charge on any atom is -0.469 e. The predicted octanol–water partition coefficient (Wildman–Crippen LogP) is 3.99. The van der Waals surface area contributed by atoms with E-state index in [9.17, 15) is 9.59 Å². The van der Waals surface area contributed by atoms with Crippen LogP contribution in [0.4, 0.5) is 0 Å². The Balaban J connectivity index is 1.72. The number of ether oxygens (including phenoxy) is 1. The van der Waals surface area contributed by atoms with Gasteiger partial charge in [0.05, 0.1) is 34.2 Å². The van der Waals surface area contributed by atoms with Gasteiger partial charge >= 0.3 is 5.97 Å². The summed E-state index contributed by atoms with van der Waals surface area (Å²) in [6.45, 7) is 2.72. The molecule has 7 nitrogen and oxygen atoms in total. The van der Waals surface area contributed by atoms with Crippen molar-refractivity contribution < 1.29 is 18.8 Å². The Morgan fingerprint density at radius 2 is 1.57 bits per heavy atom. The van der Waals surface area contributed by atoms with Gasteiger partial charge in [0.2, 0.25) is 0 Å². The summed E-state index contributed by atoms with van der Waals surface area (Å²) in [6.07, 6.45) is 0.345. The van der Waals surface area contributed by atoms with E-state index in [0.717, 1.165) is 27.7 Å². The zero-order valence-electron chi connectivity index (χ0n) is 22.2. The van der Waals surface area contributed by atoms with Crippen molar-refractivity contribution in [1.29, 1.82) is 5.41 Å². The van der Waals surface area contributed by atoms with Crippen molar-refractivity contribution in [3.05, 3.63) is 95.1 Å². The number of hydrogen-bond donors (Lipinski definition) is 3. The van der Waals surface area contributed by atoms with Crippen molar-refractivity contribution in [2.24, 2.45) is 11.7 Å². The van der Waals surface area contributed by atoms with Crippen LogP contribution in [0.25, 0.3) is 11.1 Å². The third kappa shape index (κ3) is 7.75. The van der Waals surface area contributed by atoms with Gasteiger partial charge in [-0.15, -0.1) is 0 Å². The monoisotopic (exact) mass is 501 g/mol. The molecule has 0 saturated carbocycles. The van der Waals surface area contributed by atoms with Crippen LogP contribution < -0.4 is 11.1 Å². The van der Waals surface area contributed by atoms with E-state index in [1.54, 1.807) is 37.3 Å². The summed E-state index contributed by atoms with van der Waals surface area (Å²) < 4.78 is 5.86. The molecule has 0 radical (unpaired) electrons. The lowest BCUT2D eigenvalue weighted by Crippen LogP contribution is -2.42. The number of benzene rings is 3. The molecule has 2 unspecified atom stereocenters. The van der Waals surface area contributed by atoms with Crippen molar-refractivity contribution in [2.75, 3.05) is 28.3 Å². The van der Waals surface area contributed by atoms with Gasteiger partial charge in [-0.25, -0.2) is 0 Å². The van der Waals surface area contributed by atoms with E-state index in [1.807, 2.05) is 18.2 Å². The number of carbonyl (C=O) groups is 2. The number of hydrogen-bond acceptors (Lipinski definition) is 4. The lowest BCUT2D eigenvalue weighted by atomic mass is 9.92. The van der Waals surface area contributed by atoms with Crippen molar-refractivity contribution in [3.8, 4) is 11.1 Å². The van der Waals surface area contributed by atoms with Crippen LogP contribution in [0, 0.1) is 11.3 Å². The number of nitrogens with one attached hydrogen (secondary N) is 2. The smallest absolute Gasteiger partial charge is 0.311 e. The van der Waals surface area contributed by atoms with Crippen LogP contribution in [0.1, 0.15) is 34.0 Å². The number of rotatable bonds is 10. The summed E-state index contributed by atoms with van der Waals surface area (Å²) in [5, 5.41) is 10.6. The van der Waals surface area contributed by atoms with Crippen LogP contribution in [0.2, 0.25) is 0 Å². The van der Waals surface area contributed by atoms with Crippen molar-refractivity contribution >= 4 is 17.7 Å². The molecule has 194 valence electrons. The first kappa shape index (κ1) is 27.6. The molecule has 3 aromatic carbocycles. The molecule has 7 heteroatoms. The van der Waals surface area contributed by atoms with E-state index in [0.29, 0.717) is 17.5 Å². The second-order valence-corrected chi connectivity index (χ2v) is 10.4. The molecule has 3 rings (SSSR count). The summed E-state index contributed by atoms with van der Waals surface area (Å²) in [5.41, 5.74) is 10.9.